The molecule has 6 nitrogen and oxygen atoms in total. The Balaban J connectivity index is 0.00000300. The molecule has 29 heavy (non-hydrogen) atoms. The maximum Gasteiger partial charge on any atom is 0.193 e. The molecule has 0 bridgehead atoms. The highest BCUT2D eigenvalue weighted by Crippen LogP contribution is 2.23. The van der Waals surface area contributed by atoms with Crippen LogP contribution >= 0.6 is 24.0 Å². The van der Waals surface area contributed by atoms with Gasteiger partial charge >= 0.3 is 0 Å². The van der Waals surface area contributed by atoms with Crippen LogP contribution in [0.3, 0.4) is 0 Å². The van der Waals surface area contributed by atoms with Gasteiger partial charge in [0.05, 0.1) is 0 Å². The van der Waals surface area contributed by atoms with Crippen LogP contribution in [0, 0.1) is 5.92 Å². The van der Waals surface area contributed by atoms with Crippen LogP contribution in [-0.4, -0.2) is 38.9 Å². The molecule has 1 aliphatic heterocycles. The van der Waals surface area contributed by atoms with Gasteiger partial charge in [0.2, 0.25) is 0 Å². The molecule has 0 spiro atoms. The fraction of sp³-hybridized carbons (Fsp3) is 0.409. The number of nitrogens with one attached hydrogen (secondary N) is 1. The van der Waals surface area contributed by atoms with Crippen molar-refractivity contribution >= 4 is 35.6 Å². The van der Waals surface area contributed by atoms with E-state index in [0.29, 0.717) is 25.0 Å². The van der Waals surface area contributed by atoms with Gasteiger partial charge in [0.15, 0.2) is 5.96 Å². The second-order valence-corrected chi connectivity index (χ2v) is 6.82. The fourth-order valence-corrected chi connectivity index (χ4v) is 2.98. The second kappa shape index (κ2) is 13.4. The summed E-state index contributed by atoms with van der Waals surface area (Å²) in [5.41, 5.74) is 6.82. The second-order valence-electron chi connectivity index (χ2n) is 6.82. The number of aliphatic imine (C=N–C) groups is 1. The Morgan fingerprint density at radius 2 is 1.83 bits per heavy atom. The maximum atomic E-state index is 5.98. The van der Waals surface area contributed by atoms with Crippen LogP contribution in [0.25, 0.3) is 0 Å². The highest BCUT2D eigenvalue weighted by atomic mass is 127. The predicted octanol–water partition coefficient (Wildman–Crippen LogP) is 4.66. The van der Waals surface area contributed by atoms with Gasteiger partial charge in [-0.25, -0.2) is 0 Å². The van der Waals surface area contributed by atoms with Gasteiger partial charge in [-0.3, -0.25) is 4.99 Å². The highest BCUT2D eigenvalue weighted by molar-refractivity contribution is 14.0. The highest BCUT2D eigenvalue weighted by Gasteiger charge is 2.13. The molecule has 0 saturated carbocycles. The topological polar surface area (TPSA) is 78.1 Å². The molecule has 0 amide bonds. The minimum Gasteiger partial charge on any atom is -0.457 e. The van der Waals surface area contributed by atoms with E-state index in [2.05, 4.69) is 10.3 Å². The van der Waals surface area contributed by atoms with Crippen LogP contribution in [0.1, 0.15) is 19.3 Å². The first-order valence-corrected chi connectivity index (χ1v) is 9.85. The fourth-order valence-electron chi connectivity index (χ4n) is 2.98. The van der Waals surface area contributed by atoms with Crippen LogP contribution in [0.4, 0.5) is 5.69 Å². The van der Waals surface area contributed by atoms with Crippen LogP contribution in [0.5, 0.6) is 11.5 Å². The molecule has 3 N–H and O–H groups in total. The average molecular weight is 511 g/mol. The van der Waals surface area contributed by atoms with Gasteiger partial charge in [-0.1, -0.05) is 24.3 Å². The van der Waals surface area contributed by atoms with Crippen molar-refractivity contribution in [1.29, 1.82) is 0 Å². The zero-order chi connectivity index (χ0) is 19.4. The molecule has 2 aromatic rings. The third-order valence-corrected chi connectivity index (χ3v) is 4.51. The van der Waals surface area contributed by atoms with Crippen LogP contribution < -0.4 is 15.8 Å². The van der Waals surface area contributed by atoms with Gasteiger partial charge in [0, 0.05) is 44.7 Å². The van der Waals surface area contributed by atoms with Crippen molar-refractivity contribution in [1.82, 2.24) is 0 Å². The van der Waals surface area contributed by atoms with Crippen LogP contribution in [-0.2, 0) is 9.47 Å². The Bertz CT molecular complexity index is 737. The van der Waals surface area contributed by atoms with E-state index in [0.717, 1.165) is 56.3 Å². The standard InChI is InChI=1S/C22H29N3O3.HI/c23-22(24-12-5-13-27-17-18-10-14-26-15-11-18)25-19-6-4-9-21(16-19)28-20-7-2-1-3-8-20;/h1-4,6-9,16,18H,5,10-15,17H2,(H3,23,24,25);1H. The Morgan fingerprint density at radius 1 is 1.07 bits per heavy atom. The molecule has 0 aromatic heterocycles. The molecule has 1 saturated heterocycles. The van der Waals surface area contributed by atoms with E-state index in [1.54, 1.807) is 0 Å². The summed E-state index contributed by atoms with van der Waals surface area (Å²) in [6.45, 7) is 3.87. The van der Waals surface area contributed by atoms with Crippen molar-refractivity contribution in [2.75, 3.05) is 38.3 Å². The number of hydrogen-bond donors (Lipinski definition) is 2. The number of anilines is 1. The van der Waals surface area contributed by atoms with Gasteiger partial charge in [-0.2, -0.15) is 0 Å². The molecule has 0 radical (unpaired) electrons. The van der Waals surface area contributed by atoms with Gasteiger partial charge in [0.1, 0.15) is 11.5 Å². The van der Waals surface area contributed by atoms with Crippen molar-refractivity contribution in [2.24, 2.45) is 16.6 Å². The Morgan fingerprint density at radius 3 is 2.62 bits per heavy atom. The van der Waals surface area contributed by atoms with Crippen molar-refractivity contribution in [3.05, 3.63) is 54.6 Å². The summed E-state index contributed by atoms with van der Waals surface area (Å²) in [7, 11) is 0. The third kappa shape index (κ3) is 9.01. The lowest BCUT2D eigenvalue weighted by Crippen LogP contribution is -2.23. The van der Waals surface area contributed by atoms with E-state index in [1.165, 1.54) is 0 Å². The number of nitrogens with two attached hydrogens (primary N) is 1. The lowest BCUT2D eigenvalue weighted by Gasteiger charge is -2.21. The molecule has 1 heterocycles. The first-order chi connectivity index (χ1) is 13.8. The van der Waals surface area contributed by atoms with Gasteiger partial charge in [-0.15, -0.1) is 24.0 Å². The summed E-state index contributed by atoms with van der Waals surface area (Å²) in [4.78, 5) is 4.36. The predicted molar refractivity (Wildman–Crippen MR) is 127 cm³/mol. The number of halogens is 1. The molecule has 1 fully saturated rings. The molecular weight excluding hydrogens is 481 g/mol. The number of hydrogen-bond acceptors (Lipinski definition) is 4. The minimum absolute atomic E-state index is 0. The van der Waals surface area contributed by atoms with Crippen molar-refractivity contribution < 1.29 is 14.2 Å². The van der Waals surface area contributed by atoms with Crippen molar-refractivity contribution in [3.63, 3.8) is 0 Å². The summed E-state index contributed by atoms with van der Waals surface area (Å²) in [5.74, 6) is 2.56. The van der Waals surface area contributed by atoms with Crippen LogP contribution in [0.15, 0.2) is 59.6 Å². The Labute approximate surface area is 189 Å². The van der Waals surface area contributed by atoms with E-state index in [4.69, 9.17) is 19.9 Å². The number of para-hydroxylation sites is 1. The van der Waals surface area contributed by atoms with E-state index in [1.807, 2.05) is 54.6 Å². The molecule has 0 atom stereocenters. The summed E-state index contributed by atoms with van der Waals surface area (Å²) in [6, 6.07) is 17.3. The number of nitrogens with zero attached hydrogens (tertiary/aromatic N) is 1. The average Bonchev–Trinajstić information content (AvgIpc) is 2.72. The summed E-state index contributed by atoms with van der Waals surface area (Å²) in [6.07, 6.45) is 3.05. The molecule has 3 rings (SSSR count). The van der Waals surface area contributed by atoms with Crippen molar-refractivity contribution in [2.45, 2.75) is 19.3 Å². The normalized spacial score (nSPS) is 14.8. The monoisotopic (exact) mass is 511 g/mol. The smallest absolute Gasteiger partial charge is 0.193 e. The third-order valence-electron chi connectivity index (χ3n) is 4.51. The Hall–Kier alpha value is -1.84. The van der Waals surface area contributed by atoms with Gasteiger partial charge < -0.3 is 25.3 Å². The molecule has 7 heteroatoms. The molecule has 2 aromatic carbocycles. The van der Waals surface area contributed by atoms with E-state index >= 15 is 0 Å². The lowest BCUT2D eigenvalue weighted by molar-refractivity contribution is 0.0205. The molecule has 158 valence electrons. The number of ether oxygens (including phenoxy) is 3. The number of guanidine groups is 1. The van der Waals surface area contributed by atoms with E-state index in [-0.39, 0.29) is 24.0 Å². The van der Waals surface area contributed by atoms with E-state index in [9.17, 15) is 0 Å². The number of benzene rings is 2. The first-order valence-electron chi connectivity index (χ1n) is 9.85. The summed E-state index contributed by atoms with van der Waals surface area (Å²) >= 11 is 0. The SMILES string of the molecule is I.NC(=NCCCOCC1CCOCC1)Nc1cccc(Oc2ccccc2)c1. The summed E-state index contributed by atoms with van der Waals surface area (Å²) < 4.78 is 16.9. The quantitative estimate of drug-likeness (QED) is 0.222. The lowest BCUT2D eigenvalue weighted by atomic mass is 10.0. The zero-order valence-electron chi connectivity index (χ0n) is 16.6. The maximum absolute atomic E-state index is 5.98. The first kappa shape index (κ1) is 23.4. The van der Waals surface area contributed by atoms with Gasteiger partial charge in [-0.05, 0) is 49.4 Å². The molecule has 0 aliphatic carbocycles. The Kier molecular flexibility index (Phi) is 10.8. The molecule has 0 unspecified atom stereocenters. The van der Waals surface area contributed by atoms with Crippen LogP contribution in [0.2, 0.25) is 0 Å². The summed E-state index contributed by atoms with van der Waals surface area (Å²) in [5, 5.41) is 3.10. The molecular formula is C22H30IN3O3. The minimum atomic E-state index is 0. The van der Waals surface area contributed by atoms with Crippen molar-refractivity contribution in [3.8, 4) is 11.5 Å². The zero-order valence-corrected chi connectivity index (χ0v) is 18.9. The van der Waals surface area contributed by atoms with Gasteiger partial charge in [0.25, 0.3) is 0 Å². The largest absolute Gasteiger partial charge is 0.457 e. The number of rotatable bonds is 9. The van der Waals surface area contributed by atoms with E-state index < -0.39 is 0 Å². The molecule has 1 aliphatic rings.